The van der Waals surface area contributed by atoms with Gasteiger partial charge in [0.05, 0.1) is 0 Å². The molecule has 0 N–H and O–H groups in total. The van der Waals surface area contributed by atoms with Crippen LogP contribution >= 0.6 is 31.5 Å². The molecule has 0 saturated heterocycles. The Bertz CT molecular complexity index is 772. The molecule has 23 heavy (non-hydrogen) atoms. The van der Waals surface area contributed by atoms with Gasteiger partial charge >= 0.3 is 152 Å². The summed E-state index contributed by atoms with van der Waals surface area (Å²) < 4.78 is 22.8. The number of benzene rings is 2. The summed E-state index contributed by atoms with van der Waals surface area (Å²) >= 11 is 4.18. The van der Waals surface area contributed by atoms with Crippen molar-refractivity contribution in [3.8, 4) is 0 Å². The molecule has 2 nitrogen and oxygen atoms in total. The van der Waals surface area contributed by atoms with Gasteiger partial charge < -0.3 is 0 Å². The number of halogens is 2. The molecule has 0 unspecified atom stereocenters. The third kappa shape index (κ3) is 3.99. The van der Waals surface area contributed by atoms with Gasteiger partial charge in [0.25, 0.3) is 0 Å². The van der Waals surface area contributed by atoms with E-state index in [-0.39, 0.29) is 4.90 Å². The van der Waals surface area contributed by atoms with Crippen LogP contribution in [-0.4, -0.2) is 20.7 Å². The molecule has 0 radical (unpaired) electrons. The van der Waals surface area contributed by atoms with Gasteiger partial charge in [0, 0.05) is 0 Å². The summed E-state index contributed by atoms with van der Waals surface area (Å²) in [6.07, 6.45) is 2.98. The van der Waals surface area contributed by atoms with Crippen LogP contribution in [0.3, 0.4) is 0 Å². The normalized spacial score (nSPS) is 14.2. The predicted molar refractivity (Wildman–Crippen MR) is 106 cm³/mol. The molecule has 0 amide bonds. The molecule has 6 heteroatoms. The van der Waals surface area contributed by atoms with Gasteiger partial charge in [0.1, 0.15) is 0 Å². The zero-order chi connectivity index (χ0) is 17.2. The first-order chi connectivity index (χ1) is 10.7. The minimum absolute atomic E-state index is 0.144. The van der Waals surface area contributed by atoms with E-state index in [1.807, 2.05) is 18.2 Å². The number of hydrogen-bond donors (Lipinski definition) is 0. The monoisotopic (exact) mass is 434 g/mol. The molecule has 0 saturated carbocycles. The maximum absolute atomic E-state index is 11.4. The third-order valence-electron chi connectivity index (χ3n) is 4.60. The first kappa shape index (κ1) is 18.9. The van der Waals surface area contributed by atoms with E-state index in [0.717, 1.165) is 24.0 Å². The average molecular weight is 436 g/mol. The number of hydrogen-bond acceptors (Lipinski definition) is 2. The van der Waals surface area contributed by atoms with Crippen LogP contribution in [0.5, 0.6) is 0 Å². The zero-order valence-electron chi connectivity index (χ0n) is 13.2. The second-order valence-electron chi connectivity index (χ2n) is 5.80. The second-order valence-corrected chi connectivity index (χ2v) is 19.2. The van der Waals surface area contributed by atoms with Crippen molar-refractivity contribution in [3.05, 3.63) is 60.2 Å². The van der Waals surface area contributed by atoms with Crippen molar-refractivity contribution in [2.45, 2.75) is 24.9 Å². The molecule has 0 atom stereocenters. The van der Waals surface area contributed by atoms with Crippen molar-refractivity contribution in [3.63, 3.8) is 0 Å². The summed E-state index contributed by atoms with van der Waals surface area (Å²) in [4.78, 5) is 0.144. The Balaban J connectivity index is 2.45. The van der Waals surface area contributed by atoms with Crippen molar-refractivity contribution >= 4 is 45.8 Å². The van der Waals surface area contributed by atoms with Crippen molar-refractivity contribution in [2.24, 2.45) is 0 Å². The van der Waals surface area contributed by atoms with Crippen LogP contribution in [0.2, 0.25) is 0 Å². The van der Waals surface area contributed by atoms with Gasteiger partial charge in [-0.1, -0.05) is 0 Å². The zero-order valence-corrected chi connectivity index (χ0v) is 17.3. The van der Waals surface area contributed by atoms with Crippen LogP contribution in [0.15, 0.2) is 59.5 Å². The fourth-order valence-electron chi connectivity index (χ4n) is 2.88. The van der Waals surface area contributed by atoms with E-state index in [0.29, 0.717) is 0 Å². The molecule has 0 bridgehead atoms. The molecular weight excluding hydrogens is 415 g/mol. The van der Waals surface area contributed by atoms with Gasteiger partial charge in [-0.15, -0.1) is 0 Å². The van der Waals surface area contributed by atoms with Gasteiger partial charge in [0.2, 0.25) is 0 Å². The molecule has 0 heterocycles. The molecular formula is C17H21BrClO2PS. The molecule has 0 aliphatic rings. The fourth-order valence-corrected chi connectivity index (χ4v) is 9.00. The SMILES string of the molecule is CCP(Br)(CC)(Cc1ccc(S(=O)(=O)Cl)cc1)c1ccccc1. The van der Waals surface area contributed by atoms with Crippen molar-refractivity contribution in [1.29, 1.82) is 0 Å². The summed E-state index contributed by atoms with van der Waals surface area (Å²) in [6, 6.07) is 17.5. The minimum atomic E-state index is -3.67. The molecule has 2 rings (SSSR count). The summed E-state index contributed by atoms with van der Waals surface area (Å²) in [6.45, 7) is 4.45. The van der Waals surface area contributed by atoms with Gasteiger partial charge in [-0.2, -0.15) is 0 Å². The molecule has 0 spiro atoms. The average Bonchev–Trinajstić information content (AvgIpc) is 2.55. The van der Waals surface area contributed by atoms with E-state index in [4.69, 9.17) is 10.7 Å². The Morgan fingerprint density at radius 3 is 1.91 bits per heavy atom. The van der Waals surface area contributed by atoms with E-state index >= 15 is 0 Å². The Morgan fingerprint density at radius 1 is 0.957 bits per heavy atom. The Labute approximate surface area is 151 Å². The van der Waals surface area contributed by atoms with Gasteiger partial charge in [-0.3, -0.25) is 0 Å². The molecule has 0 aliphatic heterocycles. The molecule has 2 aromatic rings. The molecule has 0 aliphatic carbocycles. The summed E-state index contributed by atoms with van der Waals surface area (Å²) in [5, 5.41) is -0.925. The molecule has 126 valence electrons. The Morgan fingerprint density at radius 2 is 1.48 bits per heavy atom. The van der Waals surface area contributed by atoms with E-state index in [2.05, 4.69) is 53.6 Å². The van der Waals surface area contributed by atoms with Crippen molar-refractivity contribution in [1.82, 2.24) is 0 Å². The van der Waals surface area contributed by atoms with Gasteiger partial charge in [0.15, 0.2) is 0 Å². The topological polar surface area (TPSA) is 34.1 Å². The van der Waals surface area contributed by atoms with Gasteiger partial charge in [-0.05, 0) is 0 Å². The quantitative estimate of drug-likeness (QED) is 0.453. The van der Waals surface area contributed by atoms with Gasteiger partial charge in [-0.25, -0.2) is 0 Å². The summed E-state index contributed by atoms with van der Waals surface area (Å²) in [5.41, 5.74) is 1.12. The Hall–Kier alpha value is -0.410. The predicted octanol–water partition coefficient (Wildman–Crippen LogP) is 5.34. The van der Waals surface area contributed by atoms with E-state index in [1.165, 1.54) is 5.30 Å². The molecule has 2 aromatic carbocycles. The van der Waals surface area contributed by atoms with Crippen LogP contribution in [0.1, 0.15) is 19.4 Å². The first-order valence-corrected chi connectivity index (χ1v) is 14.7. The van der Waals surface area contributed by atoms with Crippen LogP contribution in [0.4, 0.5) is 0 Å². The standard InChI is InChI=1S/C17H21BrClO2PS/c1-3-22(18,4-2,16-8-6-5-7-9-16)14-15-10-12-17(13-11-15)23(19,20)21/h5-13H,3-4,14H2,1-2H3. The van der Waals surface area contributed by atoms with E-state index in [9.17, 15) is 8.42 Å². The first-order valence-electron chi connectivity index (χ1n) is 7.53. The van der Waals surface area contributed by atoms with E-state index in [1.54, 1.807) is 12.1 Å². The second kappa shape index (κ2) is 6.84. The fraction of sp³-hybridized carbons (Fsp3) is 0.294. The summed E-state index contributed by atoms with van der Waals surface area (Å²) in [5.74, 6) is 0. The van der Waals surface area contributed by atoms with Crippen LogP contribution < -0.4 is 5.30 Å². The number of rotatable bonds is 6. The van der Waals surface area contributed by atoms with Crippen LogP contribution in [0.25, 0.3) is 0 Å². The maximum atomic E-state index is 11.4. The van der Waals surface area contributed by atoms with Crippen molar-refractivity contribution in [2.75, 3.05) is 12.3 Å². The van der Waals surface area contributed by atoms with Crippen LogP contribution in [-0.2, 0) is 15.2 Å². The van der Waals surface area contributed by atoms with Crippen LogP contribution in [0, 0.1) is 0 Å². The Kier molecular flexibility index (Phi) is 5.62. The van der Waals surface area contributed by atoms with Crippen molar-refractivity contribution < 1.29 is 8.42 Å². The molecule has 0 aromatic heterocycles. The summed E-state index contributed by atoms with van der Waals surface area (Å²) in [7, 11) is 1.72. The molecule has 0 fully saturated rings. The third-order valence-corrected chi connectivity index (χ3v) is 16.5. The van der Waals surface area contributed by atoms with E-state index < -0.39 is 14.4 Å².